The van der Waals surface area contributed by atoms with Crippen molar-refractivity contribution in [1.82, 2.24) is 10.2 Å². The van der Waals surface area contributed by atoms with E-state index in [1.807, 2.05) is 24.3 Å². The number of ether oxygens (including phenoxy) is 1. The molecule has 156 valence electrons. The molecular weight excluding hydrogens is 468 g/mol. The van der Waals surface area contributed by atoms with Gasteiger partial charge in [-0.25, -0.2) is 8.42 Å². The lowest BCUT2D eigenvalue weighted by molar-refractivity contribution is 0.403. The minimum Gasteiger partial charge on any atom is -0.495 e. The van der Waals surface area contributed by atoms with Gasteiger partial charge in [-0.1, -0.05) is 28.1 Å². The summed E-state index contributed by atoms with van der Waals surface area (Å²) in [6, 6.07) is 15.8. The van der Waals surface area contributed by atoms with Crippen molar-refractivity contribution in [3.63, 3.8) is 0 Å². The van der Waals surface area contributed by atoms with Gasteiger partial charge in [0, 0.05) is 28.8 Å². The summed E-state index contributed by atoms with van der Waals surface area (Å²) >= 11 is 3.30. The second kappa shape index (κ2) is 8.61. The van der Waals surface area contributed by atoms with E-state index in [9.17, 15) is 8.42 Å². The van der Waals surface area contributed by atoms with E-state index >= 15 is 0 Å². The number of hydrogen-bond acceptors (Lipinski definition) is 6. The van der Waals surface area contributed by atoms with Crippen LogP contribution < -0.4 is 14.4 Å². The van der Waals surface area contributed by atoms with E-state index in [1.54, 1.807) is 24.3 Å². The quantitative estimate of drug-likeness (QED) is 0.556. The fourth-order valence-corrected chi connectivity index (χ4v) is 5.14. The minimum absolute atomic E-state index is 0.0619. The first-order valence-corrected chi connectivity index (χ1v) is 11.8. The molecule has 1 aliphatic rings. The molecule has 1 N–H and O–H groups in total. The van der Waals surface area contributed by atoms with Gasteiger partial charge in [-0.2, -0.15) is 0 Å². The van der Waals surface area contributed by atoms with Crippen LogP contribution in [0.1, 0.15) is 12.8 Å². The predicted octanol–water partition coefficient (Wildman–Crippen LogP) is 4.32. The Morgan fingerprint density at radius 2 is 1.73 bits per heavy atom. The van der Waals surface area contributed by atoms with E-state index in [2.05, 4.69) is 35.7 Å². The SMILES string of the molecule is COc1ccc(Br)cc1S(=O)(=O)Nc1ccc(-c2ccc(N3CCCC3)nn2)cc1. The van der Waals surface area contributed by atoms with Crippen LogP contribution in [0, 0.1) is 0 Å². The van der Waals surface area contributed by atoms with Gasteiger partial charge in [0.1, 0.15) is 10.6 Å². The van der Waals surface area contributed by atoms with Crippen molar-refractivity contribution >= 4 is 37.5 Å². The standard InChI is InChI=1S/C21H21BrN4O3S/c1-29-19-10-6-16(22)14-20(19)30(27,28)25-17-7-4-15(5-8-17)18-9-11-21(24-23-18)26-12-2-3-13-26/h4-11,14,25H,2-3,12-13H2,1H3. The molecule has 30 heavy (non-hydrogen) atoms. The lowest BCUT2D eigenvalue weighted by Crippen LogP contribution is -2.19. The van der Waals surface area contributed by atoms with E-state index in [0.717, 1.165) is 30.2 Å². The number of benzene rings is 2. The summed E-state index contributed by atoms with van der Waals surface area (Å²) in [4.78, 5) is 2.29. The molecular formula is C21H21BrN4O3S. The largest absolute Gasteiger partial charge is 0.495 e. The van der Waals surface area contributed by atoms with E-state index in [1.165, 1.54) is 26.0 Å². The molecule has 0 saturated carbocycles. The van der Waals surface area contributed by atoms with Crippen molar-refractivity contribution in [1.29, 1.82) is 0 Å². The molecule has 9 heteroatoms. The fraction of sp³-hybridized carbons (Fsp3) is 0.238. The average molecular weight is 489 g/mol. The number of nitrogens with zero attached hydrogens (tertiary/aromatic N) is 3. The van der Waals surface area contributed by atoms with E-state index in [-0.39, 0.29) is 10.6 Å². The lowest BCUT2D eigenvalue weighted by Gasteiger charge is -2.15. The monoisotopic (exact) mass is 488 g/mol. The molecule has 1 saturated heterocycles. The van der Waals surface area contributed by atoms with Gasteiger partial charge in [0.05, 0.1) is 12.8 Å². The van der Waals surface area contributed by atoms with Gasteiger partial charge in [0.15, 0.2) is 5.82 Å². The summed E-state index contributed by atoms with van der Waals surface area (Å²) in [5.41, 5.74) is 2.04. The van der Waals surface area contributed by atoms with Gasteiger partial charge in [-0.05, 0) is 55.3 Å². The van der Waals surface area contributed by atoms with E-state index in [4.69, 9.17) is 4.74 Å². The van der Waals surface area contributed by atoms with Gasteiger partial charge < -0.3 is 9.64 Å². The molecule has 0 aliphatic carbocycles. The minimum atomic E-state index is -3.81. The van der Waals surface area contributed by atoms with Gasteiger partial charge in [-0.15, -0.1) is 10.2 Å². The Morgan fingerprint density at radius 1 is 1.00 bits per heavy atom. The molecule has 0 unspecified atom stereocenters. The number of aromatic nitrogens is 2. The summed E-state index contributed by atoms with van der Waals surface area (Å²) < 4.78 is 34.1. The summed E-state index contributed by atoms with van der Waals surface area (Å²) in [6.07, 6.45) is 2.37. The van der Waals surface area contributed by atoms with Crippen LogP contribution in [0.4, 0.5) is 11.5 Å². The number of hydrogen-bond donors (Lipinski definition) is 1. The van der Waals surface area contributed by atoms with Gasteiger partial charge in [-0.3, -0.25) is 4.72 Å². The summed E-state index contributed by atoms with van der Waals surface area (Å²) in [5.74, 6) is 1.17. The highest BCUT2D eigenvalue weighted by atomic mass is 79.9. The first kappa shape index (κ1) is 20.6. The average Bonchev–Trinajstić information content (AvgIpc) is 3.29. The highest BCUT2D eigenvalue weighted by molar-refractivity contribution is 9.10. The normalized spacial score (nSPS) is 14.0. The zero-order valence-electron chi connectivity index (χ0n) is 16.4. The van der Waals surface area contributed by atoms with E-state index in [0.29, 0.717) is 10.2 Å². The van der Waals surface area contributed by atoms with Crippen LogP contribution in [0.3, 0.4) is 0 Å². The molecule has 7 nitrogen and oxygen atoms in total. The number of nitrogens with one attached hydrogen (secondary N) is 1. The Bertz CT molecular complexity index is 1130. The van der Waals surface area contributed by atoms with Crippen molar-refractivity contribution in [3.05, 3.63) is 59.1 Å². The third kappa shape index (κ3) is 4.41. The van der Waals surface area contributed by atoms with Gasteiger partial charge >= 0.3 is 0 Å². The molecule has 2 aromatic carbocycles. The lowest BCUT2D eigenvalue weighted by atomic mass is 10.1. The van der Waals surface area contributed by atoms with Crippen LogP contribution in [0.5, 0.6) is 5.75 Å². The smallest absolute Gasteiger partial charge is 0.265 e. The summed E-state index contributed by atoms with van der Waals surface area (Å²) in [5, 5.41) is 8.66. The van der Waals surface area contributed by atoms with Crippen LogP contribution in [0.15, 0.2) is 64.0 Å². The number of rotatable bonds is 6. The Kier molecular flexibility index (Phi) is 5.92. The summed E-state index contributed by atoms with van der Waals surface area (Å²) in [7, 11) is -2.37. The zero-order valence-corrected chi connectivity index (χ0v) is 18.8. The third-order valence-electron chi connectivity index (χ3n) is 4.93. The molecule has 0 atom stereocenters. The molecule has 2 heterocycles. The van der Waals surface area contributed by atoms with Crippen molar-refractivity contribution in [2.24, 2.45) is 0 Å². The number of methoxy groups -OCH3 is 1. The molecule has 0 spiro atoms. The molecule has 1 aromatic heterocycles. The van der Waals surface area contributed by atoms with Crippen molar-refractivity contribution in [2.75, 3.05) is 29.8 Å². The first-order valence-electron chi connectivity index (χ1n) is 9.52. The fourth-order valence-electron chi connectivity index (χ4n) is 3.37. The van der Waals surface area contributed by atoms with Crippen LogP contribution in [-0.4, -0.2) is 38.8 Å². The van der Waals surface area contributed by atoms with Crippen molar-refractivity contribution < 1.29 is 13.2 Å². The maximum Gasteiger partial charge on any atom is 0.265 e. The van der Waals surface area contributed by atoms with Crippen LogP contribution in [-0.2, 0) is 10.0 Å². The molecule has 0 radical (unpaired) electrons. The number of sulfonamides is 1. The third-order valence-corrected chi connectivity index (χ3v) is 6.82. The van der Waals surface area contributed by atoms with Crippen LogP contribution >= 0.6 is 15.9 Å². The Morgan fingerprint density at radius 3 is 2.37 bits per heavy atom. The maximum absolute atomic E-state index is 12.8. The number of anilines is 2. The van der Waals surface area contributed by atoms with Crippen molar-refractivity contribution in [3.8, 4) is 17.0 Å². The van der Waals surface area contributed by atoms with Crippen LogP contribution in [0.25, 0.3) is 11.3 Å². The van der Waals surface area contributed by atoms with Crippen LogP contribution in [0.2, 0.25) is 0 Å². The van der Waals surface area contributed by atoms with E-state index < -0.39 is 10.0 Å². The maximum atomic E-state index is 12.8. The van der Waals surface area contributed by atoms with Gasteiger partial charge in [0.2, 0.25) is 0 Å². The number of halogens is 1. The first-order chi connectivity index (χ1) is 14.5. The molecule has 4 rings (SSSR count). The molecule has 1 aliphatic heterocycles. The predicted molar refractivity (Wildman–Crippen MR) is 120 cm³/mol. The second-order valence-corrected chi connectivity index (χ2v) is 9.52. The highest BCUT2D eigenvalue weighted by Gasteiger charge is 2.20. The van der Waals surface area contributed by atoms with Gasteiger partial charge in [0.25, 0.3) is 10.0 Å². The molecule has 3 aromatic rings. The zero-order chi connectivity index (χ0) is 21.1. The Hall–Kier alpha value is -2.65. The summed E-state index contributed by atoms with van der Waals surface area (Å²) in [6.45, 7) is 2.04. The van der Waals surface area contributed by atoms with Crippen molar-refractivity contribution in [2.45, 2.75) is 17.7 Å². The topological polar surface area (TPSA) is 84.4 Å². The Balaban J connectivity index is 1.52. The second-order valence-electron chi connectivity index (χ2n) is 6.95. The molecule has 1 fully saturated rings. The molecule has 0 bridgehead atoms. The molecule has 0 amide bonds. The highest BCUT2D eigenvalue weighted by Crippen LogP contribution is 2.29. The Labute approximate surface area is 184 Å².